The van der Waals surface area contributed by atoms with Gasteiger partial charge in [-0.3, -0.25) is 14.5 Å². The van der Waals surface area contributed by atoms with Gasteiger partial charge < -0.3 is 5.73 Å². The van der Waals surface area contributed by atoms with Crippen LogP contribution in [0.2, 0.25) is 0 Å². The molecule has 7 nitrogen and oxygen atoms in total. The second-order valence-electron chi connectivity index (χ2n) is 9.40. The molecule has 12 heteroatoms. The lowest BCUT2D eigenvalue weighted by Crippen LogP contribution is -2.49. The zero-order valence-corrected chi connectivity index (χ0v) is 21.6. The first-order valence-corrected chi connectivity index (χ1v) is 12.8. The molecule has 0 amide bonds. The molecule has 1 aliphatic heterocycles. The third-order valence-electron chi connectivity index (χ3n) is 6.77. The van der Waals surface area contributed by atoms with Gasteiger partial charge in [0, 0.05) is 32.5 Å². The molecule has 3 aromatic rings. The number of halogens is 4. The first kappa shape index (κ1) is 26.8. The van der Waals surface area contributed by atoms with E-state index in [0.29, 0.717) is 29.9 Å². The van der Waals surface area contributed by atoms with E-state index in [9.17, 15) is 22.4 Å². The molecule has 2 aliphatic rings. The number of aryl methyl sites for hydroxylation is 1. The largest absolute Gasteiger partial charge is 0.416 e. The Bertz CT molecular complexity index is 1490. The van der Waals surface area contributed by atoms with E-state index >= 15 is 0 Å². The topological polar surface area (TPSA) is 89.4 Å². The van der Waals surface area contributed by atoms with Crippen LogP contribution in [0.3, 0.4) is 0 Å². The lowest BCUT2D eigenvalue weighted by atomic mass is 9.64. The molecule has 1 aromatic carbocycles. The van der Waals surface area contributed by atoms with Crippen LogP contribution in [0.5, 0.6) is 0 Å². The van der Waals surface area contributed by atoms with Crippen molar-refractivity contribution in [3.05, 3.63) is 95.5 Å². The number of fused-ring (bicyclic) bond motifs is 1. The number of alkyl halides is 3. The Kier molecular flexibility index (Phi) is 7.17. The van der Waals surface area contributed by atoms with Gasteiger partial charge in [-0.05, 0) is 79.0 Å². The highest BCUT2D eigenvalue weighted by Crippen LogP contribution is 2.48. The number of nitrogens with zero attached hydrogens (tertiary/aromatic N) is 5. The van der Waals surface area contributed by atoms with Crippen molar-refractivity contribution in [3.63, 3.8) is 0 Å². The van der Waals surface area contributed by atoms with Gasteiger partial charge in [-0.2, -0.15) is 18.3 Å². The second-order valence-corrected chi connectivity index (χ2v) is 10.6. The summed E-state index contributed by atoms with van der Waals surface area (Å²) >= 11 is 1.43. The van der Waals surface area contributed by atoms with Crippen molar-refractivity contribution in [1.29, 1.82) is 0 Å². The number of nitrogens with two attached hydrogens (primary N) is 1. The molecule has 1 fully saturated rings. The molecule has 202 valence electrons. The average molecular weight is 557 g/mol. The summed E-state index contributed by atoms with van der Waals surface area (Å²) in [5.41, 5.74) is 5.90. The summed E-state index contributed by atoms with van der Waals surface area (Å²) in [6.45, 7) is 0.804. The number of hydrogen-bond acceptors (Lipinski definition) is 7. The van der Waals surface area contributed by atoms with Crippen molar-refractivity contribution in [2.45, 2.75) is 23.9 Å². The van der Waals surface area contributed by atoms with Crippen molar-refractivity contribution in [2.75, 3.05) is 13.1 Å². The van der Waals surface area contributed by atoms with Gasteiger partial charge in [-0.25, -0.2) is 13.7 Å². The molecule has 2 N–H and O–H groups in total. The first-order valence-electron chi connectivity index (χ1n) is 12.0. The maximum atomic E-state index is 14.1. The quantitative estimate of drug-likeness (QED) is 0.254. The van der Waals surface area contributed by atoms with Crippen LogP contribution >= 0.6 is 11.9 Å². The highest BCUT2D eigenvalue weighted by atomic mass is 32.2. The van der Waals surface area contributed by atoms with E-state index in [1.54, 1.807) is 24.0 Å². The van der Waals surface area contributed by atoms with Crippen molar-refractivity contribution >= 4 is 29.1 Å². The highest BCUT2D eigenvalue weighted by molar-refractivity contribution is 7.97. The monoisotopic (exact) mass is 556 g/mol. The van der Waals surface area contributed by atoms with Gasteiger partial charge in [0.2, 0.25) is 0 Å². The van der Waals surface area contributed by atoms with Crippen molar-refractivity contribution in [1.82, 2.24) is 19.1 Å². The summed E-state index contributed by atoms with van der Waals surface area (Å²) < 4.78 is 57.5. The minimum absolute atomic E-state index is 0.121. The predicted molar refractivity (Wildman–Crippen MR) is 140 cm³/mol. The van der Waals surface area contributed by atoms with Crippen LogP contribution in [0.4, 0.5) is 23.2 Å². The van der Waals surface area contributed by atoms with E-state index in [4.69, 9.17) is 5.73 Å². The highest BCUT2D eigenvalue weighted by Gasteiger charge is 2.50. The van der Waals surface area contributed by atoms with Crippen molar-refractivity contribution < 1.29 is 22.4 Å². The van der Waals surface area contributed by atoms with Crippen molar-refractivity contribution in [2.24, 2.45) is 23.2 Å². The Morgan fingerprint density at radius 1 is 1.23 bits per heavy atom. The third kappa shape index (κ3) is 5.52. The fourth-order valence-corrected chi connectivity index (χ4v) is 5.93. The fourth-order valence-electron chi connectivity index (χ4n) is 4.87. The fraction of sp³-hybridized carbons (Fsp3) is 0.259. The molecule has 1 atom stereocenters. The smallest absolute Gasteiger partial charge is 0.404 e. The lowest BCUT2D eigenvalue weighted by molar-refractivity contribution is -0.137. The van der Waals surface area contributed by atoms with E-state index in [1.807, 2.05) is 10.5 Å². The van der Waals surface area contributed by atoms with Gasteiger partial charge in [0.05, 0.1) is 33.5 Å². The number of rotatable bonds is 5. The second kappa shape index (κ2) is 10.4. The van der Waals surface area contributed by atoms with Crippen LogP contribution in [0.25, 0.3) is 0 Å². The van der Waals surface area contributed by atoms with Crippen LogP contribution in [-0.2, 0) is 13.2 Å². The molecule has 1 unspecified atom stereocenters. The number of carbonyl (C=O) groups is 1. The van der Waals surface area contributed by atoms with E-state index in [2.05, 4.69) is 15.1 Å². The standard InChI is InChI=1S/C27H24F4N6OS/c1-36-15-22(14-34-36)39-37-9-7-18-10-23(35-21-4-2-20(28)3-5-21)17(13-32)12-26(18,16-37)25(38)24-11-19(6-8-33-24)27(29,30)31/h2-6,8,10-11,13-15H,7,9,12,16,32H2,1H3. The Morgan fingerprint density at radius 3 is 2.67 bits per heavy atom. The Labute approximate surface area is 226 Å². The number of hydrogen-bond donors (Lipinski definition) is 1. The molecular formula is C27H24F4N6OS. The van der Waals surface area contributed by atoms with Gasteiger partial charge in [-0.1, -0.05) is 5.57 Å². The Morgan fingerprint density at radius 2 is 2.00 bits per heavy atom. The zero-order chi connectivity index (χ0) is 27.8. The van der Waals surface area contributed by atoms with E-state index < -0.39 is 28.8 Å². The number of benzene rings is 1. The molecule has 5 rings (SSSR count). The summed E-state index contributed by atoms with van der Waals surface area (Å²) in [6, 6.07) is 7.29. The summed E-state index contributed by atoms with van der Waals surface area (Å²) in [4.78, 5) is 23.7. The van der Waals surface area contributed by atoms with E-state index in [-0.39, 0.29) is 18.7 Å². The Hall–Kier alpha value is -3.77. The van der Waals surface area contributed by atoms with Gasteiger partial charge in [0.1, 0.15) is 11.5 Å². The zero-order valence-electron chi connectivity index (χ0n) is 20.8. The molecule has 2 aromatic heterocycles. The van der Waals surface area contributed by atoms with Crippen LogP contribution < -0.4 is 5.73 Å². The Balaban J connectivity index is 1.58. The number of Topliss-reactive ketones (excluding diaryl/α,β-unsaturated/α-hetero) is 1. The summed E-state index contributed by atoms with van der Waals surface area (Å²) in [7, 11) is 1.80. The van der Waals surface area contributed by atoms with Crippen molar-refractivity contribution in [3.8, 4) is 0 Å². The SMILES string of the molecule is Cn1cc(SN2CCC3=CC(=Nc4ccc(F)cc4)C(=CN)CC3(C(=O)c3cc(C(F)(F)F)ccn3)C2)cn1. The predicted octanol–water partition coefficient (Wildman–Crippen LogP) is 5.50. The maximum Gasteiger partial charge on any atom is 0.416 e. The molecule has 1 aliphatic carbocycles. The molecule has 3 heterocycles. The number of pyridine rings is 1. The van der Waals surface area contributed by atoms with Crippen LogP contribution in [-0.4, -0.2) is 43.7 Å². The van der Waals surface area contributed by atoms with Gasteiger partial charge in [0.25, 0.3) is 0 Å². The average Bonchev–Trinajstić information content (AvgIpc) is 3.33. The van der Waals surface area contributed by atoms with Gasteiger partial charge >= 0.3 is 6.18 Å². The third-order valence-corrected chi connectivity index (χ3v) is 7.76. The molecule has 0 bridgehead atoms. The summed E-state index contributed by atoms with van der Waals surface area (Å²) in [6.07, 6.45) is 3.67. The van der Waals surface area contributed by atoms with Gasteiger partial charge in [-0.15, -0.1) is 0 Å². The van der Waals surface area contributed by atoms with E-state index in [1.165, 1.54) is 42.4 Å². The maximum absolute atomic E-state index is 14.1. The lowest BCUT2D eigenvalue weighted by Gasteiger charge is -2.45. The minimum atomic E-state index is -4.62. The molecule has 39 heavy (non-hydrogen) atoms. The normalized spacial score (nSPS) is 22.1. The van der Waals surface area contributed by atoms with Crippen LogP contribution in [0.1, 0.15) is 28.9 Å². The van der Waals surface area contributed by atoms with E-state index in [0.717, 1.165) is 28.8 Å². The van der Waals surface area contributed by atoms with Gasteiger partial charge in [0.15, 0.2) is 5.78 Å². The number of aromatic nitrogens is 3. The number of ketones is 1. The minimum Gasteiger partial charge on any atom is -0.404 e. The summed E-state index contributed by atoms with van der Waals surface area (Å²) in [5.74, 6) is -0.913. The van der Waals surface area contributed by atoms with Crippen LogP contribution in [0, 0.1) is 11.2 Å². The number of aliphatic imine (C=N–C) groups is 1. The summed E-state index contributed by atoms with van der Waals surface area (Å²) in [5, 5.41) is 4.19. The molecule has 0 radical (unpaired) electrons. The number of allylic oxidation sites excluding steroid dienone is 2. The molecule has 0 saturated carbocycles. The number of carbonyl (C=O) groups excluding carboxylic acids is 1. The molecular weight excluding hydrogens is 532 g/mol. The first-order chi connectivity index (χ1) is 18.6. The van der Waals surface area contributed by atoms with Crippen LogP contribution in [0.15, 0.2) is 88.3 Å². The molecule has 1 saturated heterocycles. The number of piperidine rings is 1. The molecule has 0 spiro atoms.